The van der Waals surface area contributed by atoms with E-state index in [-0.39, 0.29) is 0 Å². The molecule has 0 bridgehead atoms. The third-order valence-electron chi connectivity index (χ3n) is 5.11. The molecule has 3 fully saturated rings. The largest absolute Gasteiger partial charge is 0.312 e. The van der Waals surface area contributed by atoms with Gasteiger partial charge in [-0.25, -0.2) is 0 Å². The molecule has 3 aliphatic rings. The van der Waals surface area contributed by atoms with E-state index in [1.54, 1.807) is 0 Å². The number of rotatable bonds is 4. The number of hydrogen-bond acceptors (Lipinski definition) is 2. The number of likely N-dealkylation sites (tertiary alicyclic amines) is 1. The standard InChI is InChI=1S/C15H28N2/c1-12-2-4-13(5-3-12)10-16-14-8-9-17(11-14)15-6-7-15/h12-16H,2-11H2,1H3. The lowest BCUT2D eigenvalue weighted by Crippen LogP contribution is -2.37. The zero-order valence-electron chi connectivity index (χ0n) is 11.3. The molecule has 0 aromatic carbocycles. The predicted molar refractivity (Wildman–Crippen MR) is 72.1 cm³/mol. The van der Waals surface area contributed by atoms with Crippen LogP contribution in [0.3, 0.4) is 0 Å². The van der Waals surface area contributed by atoms with Gasteiger partial charge < -0.3 is 5.32 Å². The van der Waals surface area contributed by atoms with Gasteiger partial charge >= 0.3 is 0 Å². The molecule has 0 amide bonds. The Morgan fingerprint density at radius 1 is 1.00 bits per heavy atom. The molecule has 0 spiro atoms. The highest BCUT2D eigenvalue weighted by Crippen LogP contribution is 2.30. The second kappa shape index (κ2) is 5.27. The number of hydrogen-bond donors (Lipinski definition) is 1. The lowest BCUT2D eigenvalue weighted by atomic mass is 9.83. The summed E-state index contributed by atoms with van der Waals surface area (Å²) in [5, 5.41) is 3.84. The molecule has 3 rings (SSSR count). The first kappa shape index (κ1) is 12.0. The van der Waals surface area contributed by atoms with Crippen LogP contribution in [-0.4, -0.2) is 36.6 Å². The van der Waals surface area contributed by atoms with E-state index in [1.807, 2.05) is 0 Å². The molecule has 98 valence electrons. The Balaban J connectivity index is 1.34. The summed E-state index contributed by atoms with van der Waals surface area (Å²) in [5.74, 6) is 1.96. The zero-order chi connectivity index (χ0) is 11.7. The monoisotopic (exact) mass is 236 g/mol. The fourth-order valence-electron chi connectivity index (χ4n) is 3.59. The first-order valence-electron chi connectivity index (χ1n) is 7.78. The Morgan fingerprint density at radius 2 is 1.76 bits per heavy atom. The van der Waals surface area contributed by atoms with E-state index in [0.29, 0.717) is 0 Å². The van der Waals surface area contributed by atoms with Crippen molar-refractivity contribution in [3.8, 4) is 0 Å². The number of nitrogens with zero attached hydrogens (tertiary/aromatic N) is 1. The van der Waals surface area contributed by atoms with Crippen LogP contribution in [0.15, 0.2) is 0 Å². The van der Waals surface area contributed by atoms with Gasteiger partial charge in [-0.3, -0.25) is 4.90 Å². The third-order valence-corrected chi connectivity index (χ3v) is 5.11. The van der Waals surface area contributed by atoms with Crippen molar-refractivity contribution in [2.75, 3.05) is 19.6 Å². The average Bonchev–Trinajstić information content (AvgIpc) is 3.09. The van der Waals surface area contributed by atoms with Gasteiger partial charge in [-0.05, 0) is 50.5 Å². The van der Waals surface area contributed by atoms with Crippen LogP contribution < -0.4 is 5.32 Å². The molecule has 1 saturated heterocycles. The van der Waals surface area contributed by atoms with E-state index < -0.39 is 0 Å². The zero-order valence-corrected chi connectivity index (χ0v) is 11.3. The van der Waals surface area contributed by atoms with Crippen LogP contribution >= 0.6 is 0 Å². The second-order valence-electron chi connectivity index (χ2n) is 6.75. The lowest BCUT2D eigenvalue weighted by molar-refractivity contribution is 0.269. The Morgan fingerprint density at radius 3 is 2.47 bits per heavy atom. The average molecular weight is 236 g/mol. The molecule has 0 aromatic heterocycles. The topological polar surface area (TPSA) is 15.3 Å². The van der Waals surface area contributed by atoms with Crippen LogP contribution in [0.4, 0.5) is 0 Å². The molecule has 2 saturated carbocycles. The lowest BCUT2D eigenvalue weighted by Gasteiger charge is -2.27. The Hall–Kier alpha value is -0.0800. The van der Waals surface area contributed by atoms with E-state index in [4.69, 9.17) is 0 Å². The molecule has 1 heterocycles. The first-order chi connectivity index (χ1) is 8.31. The van der Waals surface area contributed by atoms with E-state index in [9.17, 15) is 0 Å². The third kappa shape index (κ3) is 3.23. The molecular formula is C15H28N2. The fraction of sp³-hybridized carbons (Fsp3) is 1.00. The van der Waals surface area contributed by atoms with Gasteiger partial charge in [0.05, 0.1) is 0 Å². The van der Waals surface area contributed by atoms with Crippen molar-refractivity contribution >= 4 is 0 Å². The highest BCUT2D eigenvalue weighted by atomic mass is 15.2. The molecule has 2 aliphatic carbocycles. The molecule has 17 heavy (non-hydrogen) atoms. The Kier molecular flexibility index (Phi) is 3.72. The van der Waals surface area contributed by atoms with Gasteiger partial charge in [0.15, 0.2) is 0 Å². The summed E-state index contributed by atoms with van der Waals surface area (Å²) in [6, 6.07) is 1.77. The van der Waals surface area contributed by atoms with Gasteiger partial charge in [0, 0.05) is 25.2 Å². The molecule has 1 unspecified atom stereocenters. The predicted octanol–water partition coefficient (Wildman–Crippen LogP) is 2.64. The van der Waals surface area contributed by atoms with Crippen LogP contribution in [-0.2, 0) is 0 Å². The highest BCUT2D eigenvalue weighted by Gasteiger charge is 2.34. The molecule has 0 aromatic rings. The minimum Gasteiger partial charge on any atom is -0.312 e. The van der Waals surface area contributed by atoms with Gasteiger partial charge in [-0.1, -0.05) is 19.8 Å². The quantitative estimate of drug-likeness (QED) is 0.807. The summed E-state index contributed by atoms with van der Waals surface area (Å²) >= 11 is 0. The molecule has 0 radical (unpaired) electrons. The minimum atomic E-state index is 0.801. The maximum absolute atomic E-state index is 3.84. The van der Waals surface area contributed by atoms with Gasteiger partial charge in [0.25, 0.3) is 0 Å². The molecule has 1 atom stereocenters. The van der Waals surface area contributed by atoms with Crippen LogP contribution in [0.25, 0.3) is 0 Å². The molecule has 2 nitrogen and oxygen atoms in total. The van der Waals surface area contributed by atoms with Crippen molar-refractivity contribution in [2.24, 2.45) is 11.8 Å². The van der Waals surface area contributed by atoms with E-state index in [1.165, 1.54) is 64.6 Å². The van der Waals surface area contributed by atoms with Crippen LogP contribution in [0, 0.1) is 11.8 Å². The van der Waals surface area contributed by atoms with Crippen molar-refractivity contribution in [1.82, 2.24) is 10.2 Å². The summed E-state index contributed by atoms with van der Waals surface area (Å²) in [4.78, 5) is 2.71. The van der Waals surface area contributed by atoms with E-state index in [0.717, 1.165) is 23.9 Å². The van der Waals surface area contributed by atoms with Gasteiger partial charge in [-0.15, -0.1) is 0 Å². The fourth-order valence-corrected chi connectivity index (χ4v) is 3.59. The van der Waals surface area contributed by atoms with E-state index >= 15 is 0 Å². The first-order valence-corrected chi connectivity index (χ1v) is 7.78. The summed E-state index contributed by atoms with van der Waals surface area (Å²) in [5.41, 5.74) is 0. The minimum absolute atomic E-state index is 0.801. The summed E-state index contributed by atoms with van der Waals surface area (Å²) in [7, 11) is 0. The van der Waals surface area contributed by atoms with Crippen molar-refractivity contribution in [1.29, 1.82) is 0 Å². The Bertz CT molecular complexity index is 241. The highest BCUT2D eigenvalue weighted by molar-refractivity contribution is 4.92. The molecule has 2 heteroatoms. The maximum atomic E-state index is 3.84. The smallest absolute Gasteiger partial charge is 0.0207 e. The van der Waals surface area contributed by atoms with Crippen molar-refractivity contribution in [2.45, 2.75) is 64.0 Å². The van der Waals surface area contributed by atoms with Gasteiger partial charge in [-0.2, -0.15) is 0 Å². The van der Waals surface area contributed by atoms with E-state index in [2.05, 4.69) is 17.1 Å². The molecule has 1 aliphatic heterocycles. The molecular weight excluding hydrogens is 208 g/mol. The van der Waals surface area contributed by atoms with Crippen LogP contribution in [0.5, 0.6) is 0 Å². The summed E-state index contributed by atoms with van der Waals surface area (Å²) in [6.07, 6.45) is 10.2. The van der Waals surface area contributed by atoms with Gasteiger partial charge in [0.2, 0.25) is 0 Å². The SMILES string of the molecule is CC1CCC(CNC2CCN(C3CC3)C2)CC1. The van der Waals surface area contributed by atoms with Crippen molar-refractivity contribution in [3.05, 3.63) is 0 Å². The van der Waals surface area contributed by atoms with Crippen LogP contribution in [0.2, 0.25) is 0 Å². The van der Waals surface area contributed by atoms with Crippen LogP contribution in [0.1, 0.15) is 51.9 Å². The van der Waals surface area contributed by atoms with Crippen molar-refractivity contribution in [3.63, 3.8) is 0 Å². The van der Waals surface area contributed by atoms with Gasteiger partial charge in [0.1, 0.15) is 0 Å². The van der Waals surface area contributed by atoms with Crippen molar-refractivity contribution < 1.29 is 0 Å². The normalized spacial score (nSPS) is 39.7. The summed E-state index contributed by atoms with van der Waals surface area (Å²) < 4.78 is 0. The Labute approximate surface area is 106 Å². The number of nitrogens with one attached hydrogen (secondary N) is 1. The maximum Gasteiger partial charge on any atom is 0.0207 e. The molecule has 1 N–H and O–H groups in total. The summed E-state index contributed by atoms with van der Waals surface area (Å²) in [6.45, 7) is 6.38. The second-order valence-corrected chi connectivity index (χ2v) is 6.75.